The van der Waals surface area contributed by atoms with E-state index < -0.39 is 0 Å². The van der Waals surface area contributed by atoms with Crippen molar-refractivity contribution in [2.24, 2.45) is 0 Å². The average Bonchev–Trinajstić information content (AvgIpc) is 3.15. The zero-order valence-electron chi connectivity index (χ0n) is 12.7. The van der Waals surface area contributed by atoms with E-state index in [4.69, 9.17) is 16.6 Å². The van der Waals surface area contributed by atoms with Gasteiger partial charge in [-0.2, -0.15) is 0 Å². The number of hydrogen-bond acceptors (Lipinski definition) is 3. The van der Waals surface area contributed by atoms with Crippen LogP contribution >= 0.6 is 22.9 Å². The second kappa shape index (κ2) is 5.71. The van der Waals surface area contributed by atoms with Crippen LogP contribution in [0.2, 0.25) is 5.02 Å². The van der Waals surface area contributed by atoms with Crippen molar-refractivity contribution in [2.75, 3.05) is 0 Å². The lowest BCUT2D eigenvalue weighted by atomic mass is 10.1. The van der Waals surface area contributed by atoms with Gasteiger partial charge in [-0.15, -0.1) is 11.3 Å². The molecule has 0 unspecified atom stereocenters. The van der Waals surface area contributed by atoms with Gasteiger partial charge in [-0.25, -0.2) is 4.98 Å². The first-order valence-corrected chi connectivity index (χ1v) is 8.62. The van der Waals surface area contributed by atoms with E-state index >= 15 is 0 Å². The number of aromatic nitrogens is 1. The first kappa shape index (κ1) is 15.0. The molecule has 2 nitrogen and oxygen atoms in total. The molecule has 21 heavy (non-hydrogen) atoms. The van der Waals surface area contributed by atoms with Gasteiger partial charge in [0.15, 0.2) is 0 Å². The molecule has 0 amide bonds. The smallest absolute Gasteiger partial charge is 0.123 e. The lowest BCUT2D eigenvalue weighted by Crippen LogP contribution is -2.35. The van der Waals surface area contributed by atoms with Gasteiger partial charge in [0.25, 0.3) is 0 Å². The summed E-state index contributed by atoms with van der Waals surface area (Å²) < 4.78 is 0. The molecule has 1 N–H and O–H groups in total. The summed E-state index contributed by atoms with van der Waals surface area (Å²) in [6.07, 6.45) is 2.56. The normalized spacial score (nSPS) is 15.4. The minimum absolute atomic E-state index is 0.126. The van der Waals surface area contributed by atoms with Crippen molar-refractivity contribution in [1.82, 2.24) is 10.3 Å². The Morgan fingerprint density at radius 1 is 1.33 bits per heavy atom. The highest BCUT2D eigenvalue weighted by molar-refractivity contribution is 7.15. The van der Waals surface area contributed by atoms with E-state index in [1.54, 1.807) is 11.3 Å². The maximum atomic E-state index is 6.10. The maximum absolute atomic E-state index is 6.10. The lowest BCUT2D eigenvalue weighted by molar-refractivity contribution is 0.425. The summed E-state index contributed by atoms with van der Waals surface area (Å²) in [5.74, 6) is 0.672. The summed E-state index contributed by atoms with van der Waals surface area (Å²) in [6.45, 7) is 7.49. The maximum Gasteiger partial charge on any atom is 0.123 e. The van der Waals surface area contributed by atoms with Crippen LogP contribution in [0.15, 0.2) is 24.3 Å². The monoisotopic (exact) mass is 320 g/mol. The zero-order chi connectivity index (χ0) is 15.0. The highest BCUT2D eigenvalue weighted by Crippen LogP contribution is 2.44. The van der Waals surface area contributed by atoms with Crippen molar-refractivity contribution < 1.29 is 0 Å². The van der Waals surface area contributed by atoms with Crippen LogP contribution in [0.5, 0.6) is 0 Å². The van der Waals surface area contributed by atoms with Gasteiger partial charge in [0.2, 0.25) is 0 Å². The Morgan fingerprint density at radius 2 is 2.10 bits per heavy atom. The minimum Gasteiger partial charge on any atom is -0.307 e. The van der Waals surface area contributed by atoms with Crippen molar-refractivity contribution in [1.29, 1.82) is 0 Å². The Balaban J connectivity index is 1.89. The molecule has 4 heteroatoms. The van der Waals surface area contributed by atoms with E-state index in [1.807, 2.05) is 18.2 Å². The third kappa shape index (κ3) is 3.85. The summed E-state index contributed by atoms with van der Waals surface area (Å²) in [5, 5.41) is 5.44. The predicted molar refractivity (Wildman–Crippen MR) is 91.1 cm³/mol. The molecule has 1 fully saturated rings. The van der Waals surface area contributed by atoms with Crippen LogP contribution in [-0.2, 0) is 6.54 Å². The summed E-state index contributed by atoms with van der Waals surface area (Å²) in [7, 11) is 0. The number of nitrogens with zero attached hydrogens (tertiary/aromatic N) is 1. The van der Waals surface area contributed by atoms with Crippen molar-refractivity contribution >= 4 is 22.9 Å². The average molecular weight is 321 g/mol. The molecule has 1 aromatic heterocycles. The Labute approximate surface area is 135 Å². The fourth-order valence-corrected chi connectivity index (χ4v) is 3.53. The fraction of sp³-hybridized carbons (Fsp3) is 0.471. The van der Waals surface area contributed by atoms with E-state index in [1.165, 1.54) is 23.4 Å². The molecule has 1 aliphatic rings. The quantitative estimate of drug-likeness (QED) is 0.834. The molecule has 3 rings (SSSR count). The number of benzene rings is 1. The second-order valence-electron chi connectivity index (χ2n) is 6.72. The first-order chi connectivity index (χ1) is 9.92. The first-order valence-electron chi connectivity index (χ1n) is 7.43. The van der Waals surface area contributed by atoms with Crippen LogP contribution in [0.4, 0.5) is 0 Å². The highest BCUT2D eigenvalue weighted by Gasteiger charge is 2.30. The Bertz CT molecular complexity index is 638. The number of halogens is 1. The summed E-state index contributed by atoms with van der Waals surface area (Å²) >= 11 is 7.90. The Kier molecular flexibility index (Phi) is 4.08. The Morgan fingerprint density at radius 3 is 2.71 bits per heavy atom. The van der Waals surface area contributed by atoms with Crippen LogP contribution in [0.3, 0.4) is 0 Å². The predicted octanol–water partition coefficient (Wildman–Crippen LogP) is 5.23. The van der Waals surface area contributed by atoms with Gasteiger partial charge in [-0.1, -0.05) is 23.7 Å². The van der Waals surface area contributed by atoms with E-state index in [0.29, 0.717) is 5.92 Å². The van der Waals surface area contributed by atoms with Crippen LogP contribution in [0, 0.1) is 0 Å². The molecule has 1 aromatic carbocycles. The van der Waals surface area contributed by atoms with Gasteiger partial charge in [0.05, 0.1) is 5.69 Å². The summed E-state index contributed by atoms with van der Waals surface area (Å²) in [6, 6.07) is 7.98. The van der Waals surface area contributed by atoms with E-state index in [-0.39, 0.29) is 5.54 Å². The van der Waals surface area contributed by atoms with Gasteiger partial charge in [0, 0.05) is 33.5 Å². The molecule has 1 heterocycles. The molecular formula is C17H21ClN2S. The van der Waals surface area contributed by atoms with Crippen LogP contribution in [0.1, 0.15) is 50.1 Å². The molecule has 0 atom stereocenters. The number of rotatable bonds is 4. The van der Waals surface area contributed by atoms with E-state index in [0.717, 1.165) is 22.1 Å². The summed E-state index contributed by atoms with van der Waals surface area (Å²) in [4.78, 5) is 6.28. The topological polar surface area (TPSA) is 24.9 Å². The van der Waals surface area contributed by atoms with Crippen molar-refractivity contribution in [3.05, 3.63) is 39.9 Å². The van der Waals surface area contributed by atoms with Crippen molar-refractivity contribution in [3.8, 4) is 10.6 Å². The van der Waals surface area contributed by atoms with Crippen molar-refractivity contribution in [3.63, 3.8) is 0 Å². The molecule has 1 saturated carbocycles. The molecule has 0 bridgehead atoms. The van der Waals surface area contributed by atoms with Crippen LogP contribution in [0.25, 0.3) is 10.6 Å². The fourth-order valence-electron chi connectivity index (χ4n) is 2.26. The number of thiazole rings is 1. The molecule has 0 spiro atoms. The van der Waals surface area contributed by atoms with Crippen molar-refractivity contribution in [2.45, 2.75) is 51.6 Å². The SMILES string of the molecule is CC(C)(C)NCc1sc(-c2cccc(Cl)c2)nc1C1CC1. The Hall–Kier alpha value is -0.900. The van der Waals surface area contributed by atoms with Crippen LogP contribution < -0.4 is 5.32 Å². The molecule has 0 aliphatic heterocycles. The molecule has 112 valence electrons. The van der Waals surface area contributed by atoms with Gasteiger partial charge in [0.1, 0.15) is 5.01 Å². The van der Waals surface area contributed by atoms with Gasteiger partial charge in [-0.3, -0.25) is 0 Å². The largest absolute Gasteiger partial charge is 0.307 e. The number of hydrogen-bond donors (Lipinski definition) is 1. The molecule has 0 saturated heterocycles. The summed E-state index contributed by atoms with van der Waals surface area (Å²) in [5.41, 5.74) is 2.55. The third-order valence-corrected chi connectivity index (χ3v) is 4.90. The molecule has 2 aromatic rings. The van der Waals surface area contributed by atoms with E-state index in [2.05, 4.69) is 32.2 Å². The highest BCUT2D eigenvalue weighted by atomic mass is 35.5. The van der Waals surface area contributed by atoms with Crippen LogP contribution in [-0.4, -0.2) is 10.5 Å². The minimum atomic E-state index is 0.126. The van der Waals surface area contributed by atoms with Gasteiger partial charge >= 0.3 is 0 Å². The standard InChI is InChI=1S/C17H21ClN2S/c1-17(2,3)19-10-14-15(11-7-8-11)20-16(21-14)12-5-4-6-13(18)9-12/h4-6,9,11,19H,7-8,10H2,1-3H3. The zero-order valence-corrected chi connectivity index (χ0v) is 14.3. The van der Waals surface area contributed by atoms with E-state index in [9.17, 15) is 0 Å². The molecule has 0 radical (unpaired) electrons. The molecule has 1 aliphatic carbocycles. The lowest BCUT2D eigenvalue weighted by Gasteiger charge is -2.20. The third-order valence-electron chi connectivity index (χ3n) is 3.54. The van der Waals surface area contributed by atoms with Gasteiger partial charge < -0.3 is 5.32 Å². The molecular weight excluding hydrogens is 300 g/mol. The number of nitrogens with one attached hydrogen (secondary N) is 1. The van der Waals surface area contributed by atoms with Gasteiger partial charge in [-0.05, 0) is 45.7 Å². The second-order valence-corrected chi connectivity index (χ2v) is 8.24.